The van der Waals surface area contributed by atoms with Gasteiger partial charge in [0.25, 0.3) is 11.9 Å². The van der Waals surface area contributed by atoms with Crippen molar-refractivity contribution in [1.29, 1.82) is 0 Å². The number of halogens is 2. The molecule has 1 unspecified atom stereocenters. The van der Waals surface area contributed by atoms with E-state index in [4.69, 9.17) is 32.4 Å². The van der Waals surface area contributed by atoms with Crippen molar-refractivity contribution in [2.24, 2.45) is 7.05 Å². The predicted octanol–water partition coefficient (Wildman–Crippen LogP) is 5.97. The van der Waals surface area contributed by atoms with Crippen LogP contribution < -0.4 is 10.2 Å². The average molecular weight is 628 g/mol. The number of methoxy groups -OCH3 is 1. The molecule has 2 atom stereocenters. The van der Waals surface area contributed by atoms with E-state index in [9.17, 15) is 14.4 Å². The van der Waals surface area contributed by atoms with Crippen molar-refractivity contribution in [2.75, 3.05) is 23.9 Å². The van der Waals surface area contributed by atoms with E-state index in [2.05, 4.69) is 15.0 Å². The van der Waals surface area contributed by atoms with Gasteiger partial charge in [0.1, 0.15) is 18.1 Å². The molecular formula is C31H32Cl2N4O6. The number of amides is 1. The van der Waals surface area contributed by atoms with Crippen molar-refractivity contribution >= 4 is 63.5 Å². The third-order valence-electron chi connectivity index (χ3n) is 7.49. The van der Waals surface area contributed by atoms with Crippen LogP contribution in [0.2, 0.25) is 10.0 Å². The number of rotatable bonds is 11. The topological polar surface area (TPSA) is 116 Å². The number of para-hydroxylation sites is 1. The van der Waals surface area contributed by atoms with Crippen molar-refractivity contribution in [1.82, 2.24) is 9.55 Å². The molecule has 0 spiro atoms. The number of ketones is 1. The van der Waals surface area contributed by atoms with E-state index in [-0.39, 0.29) is 35.5 Å². The molecule has 4 aromatic rings. The zero-order valence-corrected chi connectivity index (χ0v) is 25.6. The minimum atomic E-state index is -0.736. The van der Waals surface area contributed by atoms with Crippen LogP contribution in [0.4, 0.5) is 11.7 Å². The summed E-state index contributed by atoms with van der Waals surface area (Å²) in [6, 6.07) is 11.2. The molecule has 1 saturated heterocycles. The number of hydrogen-bond donors (Lipinski definition) is 1. The molecule has 12 heteroatoms. The average Bonchev–Trinajstić information content (AvgIpc) is 3.73. The Morgan fingerprint density at radius 1 is 1.19 bits per heavy atom. The highest BCUT2D eigenvalue weighted by molar-refractivity contribution is 6.36. The first-order chi connectivity index (χ1) is 20.6. The van der Waals surface area contributed by atoms with Crippen LogP contribution in [0, 0.1) is 0 Å². The molecule has 2 aromatic carbocycles. The van der Waals surface area contributed by atoms with Gasteiger partial charge in [0.05, 0.1) is 36.0 Å². The number of esters is 1. The quantitative estimate of drug-likeness (QED) is 0.202. The number of oxazole rings is 1. The summed E-state index contributed by atoms with van der Waals surface area (Å²) < 4.78 is 18.5. The number of aromatic nitrogens is 2. The van der Waals surface area contributed by atoms with E-state index in [0.717, 1.165) is 17.3 Å². The van der Waals surface area contributed by atoms with Gasteiger partial charge in [-0.3, -0.25) is 14.4 Å². The fourth-order valence-corrected chi connectivity index (χ4v) is 5.61. The summed E-state index contributed by atoms with van der Waals surface area (Å²) in [4.78, 5) is 43.9. The lowest BCUT2D eigenvalue weighted by Gasteiger charge is -2.26. The maximum Gasteiger partial charge on any atom is 0.305 e. The van der Waals surface area contributed by atoms with Gasteiger partial charge in [-0.15, -0.1) is 0 Å². The third-order valence-corrected chi connectivity index (χ3v) is 8.16. The van der Waals surface area contributed by atoms with Crippen molar-refractivity contribution < 1.29 is 28.3 Å². The van der Waals surface area contributed by atoms with Crippen LogP contribution in [0.5, 0.6) is 0 Å². The van der Waals surface area contributed by atoms with Crippen LogP contribution in [0.25, 0.3) is 10.9 Å². The number of anilines is 2. The van der Waals surface area contributed by atoms with Crippen molar-refractivity contribution in [3.05, 3.63) is 75.7 Å². The summed E-state index contributed by atoms with van der Waals surface area (Å²) in [6.45, 7) is 2.36. The zero-order chi connectivity index (χ0) is 30.7. The molecule has 5 rings (SSSR count). The van der Waals surface area contributed by atoms with E-state index < -0.39 is 12.3 Å². The molecule has 1 aliphatic rings. The largest absolute Gasteiger partial charge is 0.469 e. The Balaban J connectivity index is 1.20. The SMILES string of the molecule is COC(=O)CCc1cnc(N2CCC[C@@H]2OC(C)C(=O)Cc2cc(Cl)c(NC(=O)c3cn(C)c4ccccc34)cc2Cl)o1. The Hall–Kier alpha value is -3.86. The lowest BCUT2D eigenvalue weighted by atomic mass is 10.1. The number of nitrogens with one attached hydrogen (secondary N) is 1. The second-order valence-electron chi connectivity index (χ2n) is 10.4. The number of carbonyl (C=O) groups excluding carboxylic acids is 3. The normalized spacial score (nSPS) is 15.6. The van der Waals surface area contributed by atoms with Gasteiger partial charge < -0.3 is 28.7 Å². The molecule has 0 saturated carbocycles. The first kappa shape index (κ1) is 30.6. The molecule has 10 nitrogen and oxygen atoms in total. The maximum absolute atomic E-state index is 13.2. The van der Waals surface area contributed by atoms with Crippen LogP contribution in [-0.4, -0.2) is 53.2 Å². The Kier molecular flexibility index (Phi) is 9.39. The van der Waals surface area contributed by atoms with Crippen molar-refractivity contribution in [3.8, 4) is 0 Å². The van der Waals surface area contributed by atoms with E-state index in [1.807, 2.05) is 40.8 Å². The molecule has 1 aliphatic heterocycles. The molecule has 3 heterocycles. The number of fused-ring (bicyclic) bond motifs is 1. The summed E-state index contributed by atoms with van der Waals surface area (Å²) in [5.41, 5.74) is 2.33. The molecular weight excluding hydrogens is 595 g/mol. The maximum atomic E-state index is 13.2. The van der Waals surface area contributed by atoms with Crippen LogP contribution in [-0.2, 0) is 39.0 Å². The summed E-state index contributed by atoms with van der Waals surface area (Å²) in [5.74, 6) is -0.250. The van der Waals surface area contributed by atoms with E-state index in [1.54, 1.807) is 31.5 Å². The smallest absolute Gasteiger partial charge is 0.305 e. The van der Waals surface area contributed by atoms with E-state index >= 15 is 0 Å². The van der Waals surface area contributed by atoms with Crippen LogP contribution in [0.1, 0.15) is 47.9 Å². The van der Waals surface area contributed by atoms with Gasteiger partial charge in [-0.05, 0) is 43.5 Å². The molecule has 0 aliphatic carbocycles. The highest BCUT2D eigenvalue weighted by atomic mass is 35.5. The van der Waals surface area contributed by atoms with E-state index in [0.29, 0.717) is 53.0 Å². The minimum Gasteiger partial charge on any atom is -0.469 e. The second-order valence-corrected chi connectivity index (χ2v) is 11.3. The summed E-state index contributed by atoms with van der Waals surface area (Å²) >= 11 is 13.1. The molecule has 0 bridgehead atoms. The van der Waals surface area contributed by atoms with Gasteiger partial charge in [0, 0.05) is 48.6 Å². The van der Waals surface area contributed by atoms with Crippen LogP contribution in [0.15, 0.2) is 53.2 Å². The van der Waals surface area contributed by atoms with Crippen LogP contribution >= 0.6 is 23.2 Å². The molecule has 0 radical (unpaired) electrons. The molecule has 1 N–H and O–H groups in total. The Labute approximate surface area is 258 Å². The Morgan fingerprint density at radius 3 is 2.77 bits per heavy atom. The van der Waals surface area contributed by atoms with Gasteiger partial charge in [-0.1, -0.05) is 41.4 Å². The summed E-state index contributed by atoms with van der Waals surface area (Å²) in [7, 11) is 3.22. The standard InChI is InChI=1S/C31H32Cl2N4O6/c1-18(42-28-9-6-12-37(28)31-34-16-20(43-31)10-11-29(39)41-3)27(38)14-19-13-24(33)25(15-23(19)32)35-30(40)22-17-36(2)26-8-5-4-7-21(22)26/h4-5,7-8,13,15-18,28H,6,9-12,14H2,1-3H3,(H,35,40)/t18?,28-/m0/s1. The highest BCUT2D eigenvalue weighted by Gasteiger charge is 2.32. The highest BCUT2D eigenvalue weighted by Crippen LogP contribution is 2.32. The Bertz CT molecular complexity index is 1670. The number of benzene rings is 2. The van der Waals surface area contributed by atoms with E-state index in [1.165, 1.54) is 7.11 Å². The van der Waals surface area contributed by atoms with Gasteiger partial charge >= 0.3 is 5.97 Å². The van der Waals surface area contributed by atoms with Crippen molar-refractivity contribution in [2.45, 2.75) is 51.4 Å². The third kappa shape index (κ3) is 6.87. The number of hydrogen-bond acceptors (Lipinski definition) is 8. The van der Waals surface area contributed by atoms with Crippen molar-refractivity contribution in [3.63, 3.8) is 0 Å². The number of nitrogens with zero attached hydrogens (tertiary/aromatic N) is 3. The van der Waals surface area contributed by atoms with Gasteiger partial charge in [0.2, 0.25) is 0 Å². The zero-order valence-electron chi connectivity index (χ0n) is 24.1. The molecule has 1 fully saturated rings. The summed E-state index contributed by atoms with van der Waals surface area (Å²) in [6.07, 6.45) is 4.35. The second kappa shape index (κ2) is 13.2. The molecule has 43 heavy (non-hydrogen) atoms. The molecule has 2 aromatic heterocycles. The van der Waals surface area contributed by atoms with Gasteiger partial charge in [-0.2, -0.15) is 0 Å². The lowest BCUT2D eigenvalue weighted by molar-refractivity contribution is -0.140. The lowest BCUT2D eigenvalue weighted by Crippen LogP contribution is -2.37. The number of ether oxygens (including phenoxy) is 2. The predicted molar refractivity (Wildman–Crippen MR) is 164 cm³/mol. The minimum absolute atomic E-state index is 0.000662. The van der Waals surface area contributed by atoms with Gasteiger partial charge in [0.15, 0.2) is 5.78 Å². The summed E-state index contributed by atoms with van der Waals surface area (Å²) in [5, 5.41) is 4.24. The Morgan fingerprint density at radius 2 is 1.98 bits per heavy atom. The van der Waals surface area contributed by atoms with Gasteiger partial charge in [-0.25, -0.2) is 4.98 Å². The molecule has 1 amide bonds. The number of aryl methyl sites for hydroxylation is 2. The van der Waals surface area contributed by atoms with Crippen LogP contribution in [0.3, 0.4) is 0 Å². The fraction of sp³-hybridized carbons (Fsp3) is 0.355. The first-order valence-electron chi connectivity index (χ1n) is 13.9. The first-order valence-corrected chi connectivity index (χ1v) is 14.7. The number of carbonyl (C=O) groups is 3. The number of Topliss-reactive ketones (excluding diaryl/α,β-unsaturated/α-hetero) is 1. The monoisotopic (exact) mass is 626 g/mol. The molecule has 226 valence electrons. The fourth-order valence-electron chi connectivity index (χ4n) is 5.14.